The molecule has 0 aliphatic carbocycles. The maximum Gasteiger partial charge on any atom is 0.271 e. The van der Waals surface area contributed by atoms with Gasteiger partial charge in [0.2, 0.25) is 0 Å². The number of H-pyrrole nitrogens is 1. The van der Waals surface area contributed by atoms with Crippen LogP contribution in [0.15, 0.2) is 48.5 Å². The van der Waals surface area contributed by atoms with Crippen LogP contribution in [0.4, 0.5) is 0 Å². The van der Waals surface area contributed by atoms with Gasteiger partial charge in [0.15, 0.2) is 0 Å². The Labute approximate surface area is 157 Å². The summed E-state index contributed by atoms with van der Waals surface area (Å²) in [7, 11) is 1.65. The first-order valence-electron chi connectivity index (χ1n) is 8.89. The van der Waals surface area contributed by atoms with Gasteiger partial charge in [0.25, 0.3) is 5.91 Å². The molecule has 138 valence electrons. The van der Waals surface area contributed by atoms with E-state index in [-0.39, 0.29) is 18.4 Å². The number of aromatic amines is 1. The first-order valence-corrected chi connectivity index (χ1v) is 8.89. The van der Waals surface area contributed by atoms with Crippen molar-refractivity contribution in [3.63, 3.8) is 0 Å². The molecule has 0 bridgehead atoms. The zero-order valence-corrected chi connectivity index (χ0v) is 15.0. The topological polar surface area (TPSA) is 87.2 Å². The molecule has 0 spiro atoms. The van der Waals surface area contributed by atoms with Crippen molar-refractivity contribution in [3.8, 4) is 17.1 Å². The third-order valence-corrected chi connectivity index (χ3v) is 4.93. The monoisotopic (exact) mass is 363 g/mol. The molecule has 0 fully saturated rings. The van der Waals surface area contributed by atoms with E-state index in [1.165, 1.54) is 0 Å². The van der Waals surface area contributed by atoms with E-state index in [0.29, 0.717) is 24.5 Å². The third kappa shape index (κ3) is 3.44. The van der Waals surface area contributed by atoms with Crippen LogP contribution in [0.3, 0.4) is 0 Å². The number of hydrogen-bond donors (Lipinski definition) is 3. The van der Waals surface area contributed by atoms with Gasteiger partial charge >= 0.3 is 0 Å². The smallest absolute Gasteiger partial charge is 0.271 e. The summed E-state index contributed by atoms with van der Waals surface area (Å²) in [5.74, 6) is 1.43. The van der Waals surface area contributed by atoms with Crippen LogP contribution in [0.5, 0.6) is 5.75 Å². The number of aliphatic hydroxyl groups is 1. The molecule has 0 saturated heterocycles. The van der Waals surface area contributed by atoms with Crippen LogP contribution in [0.25, 0.3) is 11.4 Å². The van der Waals surface area contributed by atoms with Crippen molar-refractivity contribution in [1.82, 2.24) is 15.3 Å². The van der Waals surface area contributed by atoms with Crippen molar-refractivity contribution in [2.24, 2.45) is 0 Å². The second kappa shape index (κ2) is 7.25. The molecule has 0 saturated carbocycles. The number of carbonyl (C=O) groups excluding carboxylic acids is 1. The fourth-order valence-corrected chi connectivity index (χ4v) is 3.40. The lowest BCUT2D eigenvalue weighted by atomic mass is 9.94. The van der Waals surface area contributed by atoms with Crippen LogP contribution in [0.2, 0.25) is 0 Å². The molecular formula is C21H21N3O3. The van der Waals surface area contributed by atoms with E-state index < -0.39 is 0 Å². The van der Waals surface area contributed by atoms with Gasteiger partial charge in [0.05, 0.1) is 13.7 Å². The van der Waals surface area contributed by atoms with Crippen molar-refractivity contribution in [2.45, 2.75) is 18.9 Å². The zero-order chi connectivity index (χ0) is 18.8. The number of amides is 1. The van der Waals surface area contributed by atoms with Gasteiger partial charge in [-0.05, 0) is 29.7 Å². The summed E-state index contributed by atoms with van der Waals surface area (Å²) >= 11 is 0. The predicted octanol–water partition coefficient (Wildman–Crippen LogP) is 2.65. The van der Waals surface area contributed by atoms with Gasteiger partial charge in [0.1, 0.15) is 17.3 Å². The number of carbonyl (C=O) groups is 1. The standard InChI is InChI=1S/C21H21N3O3/c1-27-17-4-2-3-15(9-17)16-10-18-19(21(26)22-11-16)24-20(23-18)14-7-5-13(12-25)6-8-14/h2-9,16,25H,10-12H2,1H3,(H,22,26)(H,23,24)/t16-/m0/s1. The van der Waals surface area contributed by atoms with Crippen LogP contribution >= 0.6 is 0 Å². The zero-order valence-electron chi connectivity index (χ0n) is 15.0. The van der Waals surface area contributed by atoms with Gasteiger partial charge in [-0.15, -0.1) is 0 Å². The number of nitrogens with zero attached hydrogens (tertiary/aromatic N) is 1. The number of aliphatic hydroxyl groups excluding tert-OH is 1. The number of rotatable bonds is 4. The van der Waals surface area contributed by atoms with Crippen molar-refractivity contribution in [1.29, 1.82) is 0 Å². The van der Waals surface area contributed by atoms with Gasteiger partial charge in [-0.3, -0.25) is 4.79 Å². The number of fused-ring (bicyclic) bond motifs is 1. The van der Waals surface area contributed by atoms with Crippen LogP contribution in [-0.2, 0) is 13.0 Å². The second-order valence-electron chi connectivity index (χ2n) is 6.66. The number of ether oxygens (including phenoxy) is 1. The minimum atomic E-state index is -0.162. The molecule has 6 heteroatoms. The Bertz CT molecular complexity index is 963. The first-order chi connectivity index (χ1) is 13.2. The van der Waals surface area contributed by atoms with E-state index in [0.717, 1.165) is 28.1 Å². The Kier molecular flexibility index (Phi) is 4.64. The van der Waals surface area contributed by atoms with Crippen molar-refractivity contribution < 1.29 is 14.6 Å². The minimum Gasteiger partial charge on any atom is -0.497 e. The molecule has 1 amide bonds. The van der Waals surface area contributed by atoms with E-state index in [1.54, 1.807) is 7.11 Å². The molecule has 0 unspecified atom stereocenters. The Balaban J connectivity index is 1.66. The summed E-state index contributed by atoms with van der Waals surface area (Å²) in [6.07, 6.45) is 0.683. The van der Waals surface area contributed by atoms with E-state index in [4.69, 9.17) is 4.74 Å². The van der Waals surface area contributed by atoms with Gasteiger partial charge in [-0.2, -0.15) is 0 Å². The Hall–Kier alpha value is -3.12. The molecule has 3 aromatic rings. The summed E-state index contributed by atoms with van der Waals surface area (Å²) in [5.41, 5.74) is 4.11. The van der Waals surface area contributed by atoms with Crippen LogP contribution in [0, 0.1) is 0 Å². The van der Waals surface area contributed by atoms with Crippen LogP contribution < -0.4 is 10.1 Å². The number of aromatic nitrogens is 2. The molecule has 0 radical (unpaired) electrons. The first kappa shape index (κ1) is 17.3. The van der Waals surface area contributed by atoms with Gasteiger partial charge in [0, 0.05) is 23.7 Å². The molecule has 6 nitrogen and oxygen atoms in total. The SMILES string of the molecule is COc1cccc([C@@H]2CNC(=O)c3nc(-c4ccc(CO)cc4)[nH]c3C2)c1. The maximum atomic E-state index is 12.5. The van der Waals surface area contributed by atoms with E-state index in [9.17, 15) is 9.90 Å². The second-order valence-corrected chi connectivity index (χ2v) is 6.66. The lowest BCUT2D eigenvalue weighted by Crippen LogP contribution is -2.26. The summed E-state index contributed by atoms with van der Waals surface area (Å²) < 4.78 is 5.32. The average molecular weight is 363 g/mol. The molecular weight excluding hydrogens is 342 g/mol. The highest BCUT2D eigenvalue weighted by Gasteiger charge is 2.26. The molecule has 2 aromatic carbocycles. The lowest BCUT2D eigenvalue weighted by molar-refractivity contribution is 0.0950. The van der Waals surface area contributed by atoms with Gasteiger partial charge in [-0.1, -0.05) is 36.4 Å². The molecule has 3 N–H and O–H groups in total. The predicted molar refractivity (Wildman–Crippen MR) is 102 cm³/mol. The van der Waals surface area contributed by atoms with Gasteiger partial charge < -0.3 is 20.1 Å². The van der Waals surface area contributed by atoms with E-state index in [1.807, 2.05) is 42.5 Å². The molecule has 27 heavy (non-hydrogen) atoms. The number of imidazole rings is 1. The average Bonchev–Trinajstić information content (AvgIpc) is 3.08. The third-order valence-electron chi connectivity index (χ3n) is 4.93. The molecule has 2 heterocycles. The molecule has 1 aromatic heterocycles. The lowest BCUT2D eigenvalue weighted by Gasteiger charge is -2.15. The van der Waals surface area contributed by atoms with Crippen molar-refractivity contribution in [2.75, 3.05) is 13.7 Å². The highest BCUT2D eigenvalue weighted by atomic mass is 16.5. The molecule has 4 rings (SSSR count). The van der Waals surface area contributed by atoms with Crippen LogP contribution in [0.1, 0.15) is 33.2 Å². The minimum absolute atomic E-state index is 0.000438. The van der Waals surface area contributed by atoms with Gasteiger partial charge in [-0.25, -0.2) is 4.98 Å². The summed E-state index contributed by atoms with van der Waals surface area (Å²) in [4.78, 5) is 20.3. The highest BCUT2D eigenvalue weighted by Crippen LogP contribution is 2.28. The maximum absolute atomic E-state index is 12.5. The number of nitrogens with one attached hydrogen (secondary N) is 2. The highest BCUT2D eigenvalue weighted by molar-refractivity contribution is 5.94. The van der Waals surface area contributed by atoms with Crippen LogP contribution in [-0.4, -0.2) is 34.6 Å². The van der Waals surface area contributed by atoms with Crippen molar-refractivity contribution >= 4 is 5.91 Å². The Morgan fingerprint density at radius 2 is 2.04 bits per heavy atom. The molecule has 1 atom stereocenters. The summed E-state index contributed by atoms with van der Waals surface area (Å²) in [6, 6.07) is 15.4. The van der Waals surface area contributed by atoms with E-state index >= 15 is 0 Å². The largest absolute Gasteiger partial charge is 0.497 e. The summed E-state index contributed by atoms with van der Waals surface area (Å²) in [5, 5.41) is 12.2. The number of methoxy groups -OCH3 is 1. The number of hydrogen-bond acceptors (Lipinski definition) is 4. The van der Waals surface area contributed by atoms with Crippen molar-refractivity contribution in [3.05, 3.63) is 71.0 Å². The fourth-order valence-electron chi connectivity index (χ4n) is 3.40. The fraction of sp³-hybridized carbons (Fsp3) is 0.238. The Morgan fingerprint density at radius 1 is 1.22 bits per heavy atom. The quantitative estimate of drug-likeness (QED) is 0.665. The summed E-state index contributed by atoms with van der Waals surface area (Å²) in [6.45, 7) is 0.552. The molecule has 1 aliphatic heterocycles. The normalized spacial score (nSPS) is 16.4. The number of benzene rings is 2. The van der Waals surface area contributed by atoms with E-state index in [2.05, 4.69) is 21.4 Å². The Morgan fingerprint density at radius 3 is 2.78 bits per heavy atom. The molecule has 1 aliphatic rings.